The van der Waals surface area contributed by atoms with Crippen molar-refractivity contribution in [2.45, 2.75) is 32.2 Å². The number of aryl methyl sites for hydroxylation is 2. The molecule has 3 aromatic rings. The van der Waals surface area contributed by atoms with E-state index in [4.69, 9.17) is 11.2 Å². The van der Waals surface area contributed by atoms with Crippen LogP contribution in [-0.4, -0.2) is 23.6 Å². The summed E-state index contributed by atoms with van der Waals surface area (Å²) in [6.07, 6.45) is 9.96. The number of aromatic nitrogens is 1. The fourth-order valence-electron chi connectivity index (χ4n) is 3.67. The zero-order valence-electron chi connectivity index (χ0n) is 16.1. The first-order valence-corrected chi connectivity index (χ1v) is 10.3. The minimum absolute atomic E-state index is 0.286. The van der Waals surface area contributed by atoms with Crippen LogP contribution in [0.2, 0.25) is 0 Å². The van der Waals surface area contributed by atoms with Crippen molar-refractivity contribution in [2.75, 3.05) is 7.11 Å². The Hall–Kier alpha value is -3.17. The Kier molecular flexibility index (Phi) is 5.32. The third-order valence-corrected chi connectivity index (χ3v) is 6.19. The van der Waals surface area contributed by atoms with Crippen LogP contribution in [0.5, 0.6) is 0 Å². The quantitative estimate of drug-likeness (QED) is 0.494. The fraction of sp³-hybridized carbons (Fsp3) is 0.261. The van der Waals surface area contributed by atoms with E-state index in [0.717, 1.165) is 29.5 Å². The molecule has 29 heavy (non-hydrogen) atoms. The van der Waals surface area contributed by atoms with Gasteiger partial charge in [0.15, 0.2) is 4.80 Å². The average Bonchev–Trinajstić information content (AvgIpc) is 3.09. The van der Waals surface area contributed by atoms with Crippen LogP contribution in [0.3, 0.4) is 0 Å². The Bertz CT molecular complexity index is 1230. The van der Waals surface area contributed by atoms with Crippen LogP contribution in [0.4, 0.5) is 0 Å². The molecule has 0 aliphatic heterocycles. The second-order valence-corrected chi connectivity index (χ2v) is 7.97. The molecule has 0 spiro atoms. The maximum absolute atomic E-state index is 12.9. The summed E-state index contributed by atoms with van der Waals surface area (Å²) in [5.74, 6) is 1.91. The van der Waals surface area contributed by atoms with Gasteiger partial charge in [0.05, 0.1) is 29.4 Å². The topological polar surface area (TPSA) is 60.7 Å². The van der Waals surface area contributed by atoms with Crippen LogP contribution in [0.25, 0.3) is 10.2 Å². The third kappa shape index (κ3) is 3.74. The van der Waals surface area contributed by atoms with E-state index in [2.05, 4.69) is 10.9 Å². The Labute approximate surface area is 172 Å². The van der Waals surface area contributed by atoms with Crippen molar-refractivity contribution in [1.82, 2.24) is 4.57 Å². The first kappa shape index (κ1) is 19.2. The van der Waals surface area contributed by atoms with Gasteiger partial charge in [-0.25, -0.2) is 4.79 Å². The highest BCUT2D eigenvalue weighted by Gasteiger charge is 2.14. The maximum atomic E-state index is 12.9. The molecule has 1 aliphatic rings. The lowest BCUT2D eigenvalue weighted by Gasteiger charge is -2.15. The number of carbonyl (C=O) groups excluding carboxylic acids is 2. The molecule has 0 bridgehead atoms. The van der Waals surface area contributed by atoms with Gasteiger partial charge in [-0.3, -0.25) is 4.79 Å². The molecule has 1 heterocycles. The monoisotopic (exact) mass is 404 g/mol. The van der Waals surface area contributed by atoms with Crippen LogP contribution >= 0.6 is 11.3 Å². The Morgan fingerprint density at radius 1 is 1.14 bits per heavy atom. The van der Waals surface area contributed by atoms with E-state index >= 15 is 0 Å². The molecule has 2 aromatic carbocycles. The third-order valence-electron chi connectivity index (χ3n) is 5.15. The number of carbonyl (C=O) groups is 2. The number of rotatable bonds is 3. The number of benzene rings is 2. The van der Waals surface area contributed by atoms with E-state index in [1.807, 2.05) is 22.8 Å². The summed E-state index contributed by atoms with van der Waals surface area (Å²) in [7, 11) is 1.34. The van der Waals surface area contributed by atoms with Gasteiger partial charge < -0.3 is 9.30 Å². The van der Waals surface area contributed by atoms with E-state index in [1.54, 1.807) is 18.2 Å². The number of ether oxygens (including phenoxy) is 1. The van der Waals surface area contributed by atoms with E-state index in [1.165, 1.54) is 36.0 Å². The summed E-state index contributed by atoms with van der Waals surface area (Å²) in [4.78, 5) is 29.6. The number of nitrogens with zero attached hydrogens (tertiary/aromatic N) is 2. The molecular formula is C23H20N2O3S. The number of hydrogen-bond acceptors (Lipinski definition) is 4. The van der Waals surface area contributed by atoms with Crippen molar-refractivity contribution in [2.24, 2.45) is 4.99 Å². The van der Waals surface area contributed by atoms with E-state index in [0.29, 0.717) is 15.9 Å². The van der Waals surface area contributed by atoms with Gasteiger partial charge in [-0.05, 0) is 67.1 Å². The molecule has 1 aromatic heterocycles. The Morgan fingerprint density at radius 3 is 2.66 bits per heavy atom. The highest BCUT2D eigenvalue weighted by atomic mass is 32.1. The Balaban J connectivity index is 1.78. The molecule has 146 valence electrons. The second kappa shape index (κ2) is 8.06. The van der Waals surface area contributed by atoms with Crippen molar-refractivity contribution in [3.05, 3.63) is 63.5 Å². The molecule has 0 radical (unpaired) electrons. The number of fused-ring (bicyclic) bond motifs is 2. The fourth-order valence-corrected chi connectivity index (χ4v) is 4.73. The normalized spacial score (nSPS) is 13.7. The first-order chi connectivity index (χ1) is 14.1. The molecule has 6 heteroatoms. The number of thiazole rings is 1. The SMILES string of the molecule is C#CCn1c(=NC(=O)c2ccc3c(c2)CCCC3)sc2cc(C(=O)OC)ccc21. The van der Waals surface area contributed by atoms with Gasteiger partial charge in [0, 0.05) is 5.56 Å². The van der Waals surface area contributed by atoms with Gasteiger partial charge in [-0.2, -0.15) is 4.99 Å². The average molecular weight is 404 g/mol. The molecule has 4 rings (SSSR count). The molecule has 0 saturated heterocycles. The summed E-state index contributed by atoms with van der Waals surface area (Å²) < 4.78 is 7.42. The lowest BCUT2D eigenvalue weighted by Crippen LogP contribution is -2.16. The highest BCUT2D eigenvalue weighted by molar-refractivity contribution is 7.16. The van der Waals surface area contributed by atoms with Crippen LogP contribution in [-0.2, 0) is 24.1 Å². The van der Waals surface area contributed by atoms with Gasteiger partial charge in [0.2, 0.25) is 0 Å². The summed E-state index contributed by atoms with van der Waals surface area (Å²) in [6.45, 7) is 0.286. The van der Waals surface area contributed by atoms with Crippen LogP contribution < -0.4 is 4.80 Å². The summed E-state index contributed by atoms with van der Waals surface area (Å²) >= 11 is 1.33. The molecule has 1 amide bonds. The molecule has 5 nitrogen and oxygen atoms in total. The first-order valence-electron chi connectivity index (χ1n) is 9.46. The highest BCUT2D eigenvalue weighted by Crippen LogP contribution is 2.23. The number of terminal acetylenes is 1. The predicted octanol–water partition coefficient (Wildman–Crippen LogP) is 3.74. The smallest absolute Gasteiger partial charge is 0.337 e. The molecule has 0 atom stereocenters. The minimum Gasteiger partial charge on any atom is -0.465 e. The molecule has 1 aliphatic carbocycles. The minimum atomic E-state index is -0.410. The largest absolute Gasteiger partial charge is 0.465 e. The molecule has 0 unspecified atom stereocenters. The van der Waals surface area contributed by atoms with E-state index in [9.17, 15) is 9.59 Å². The lowest BCUT2D eigenvalue weighted by atomic mass is 9.90. The van der Waals surface area contributed by atoms with E-state index < -0.39 is 5.97 Å². The zero-order valence-corrected chi connectivity index (χ0v) is 16.9. The second-order valence-electron chi connectivity index (χ2n) is 6.96. The molecule has 0 N–H and O–H groups in total. The van der Waals surface area contributed by atoms with Gasteiger partial charge in [0.25, 0.3) is 5.91 Å². The van der Waals surface area contributed by atoms with Gasteiger partial charge >= 0.3 is 5.97 Å². The van der Waals surface area contributed by atoms with Gasteiger partial charge in [0.1, 0.15) is 0 Å². The summed E-state index contributed by atoms with van der Waals surface area (Å²) in [6, 6.07) is 11.1. The molecule has 0 fully saturated rings. The van der Waals surface area contributed by atoms with Crippen molar-refractivity contribution in [1.29, 1.82) is 0 Å². The van der Waals surface area contributed by atoms with Crippen molar-refractivity contribution in [3.63, 3.8) is 0 Å². The van der Waals surface area contributed by atoms with Crippen LogP contribution in [0.15, 0.2) is 41.4 Å². The van der Waals surface area contributed by atoms with Crippen molar-refractivity contribution < 1.29 is 14.3 Å². The number of methoxy groups -OCH3 is 1. The van der Waals surface area contributed by atoms with Crippen LogP contribution in [0.1, 0.15) is 44.7 Å². The standard InChI is InChI=1S/C23H20N2O3S/c1-3-12-25-19-11-10-18(22(27)28-2)14-20(19)29-23(25)24-21(26)17-9-8-15-6-4-5-7-16(15)13-17/h1,8-11,13-14H,4-7,12H2,2H3. The number of hydrogen-bond donors (Lipinski definition) is 0. The summed E-state index contributed by atoms with van der Waals surface area (Å²) in [5.41, 5.74) is 4.44. The lowest BCUT2D eigenvalue weighted by molar-refractivity contribution is 0.0601. The van der Waals surface area contributed by atoms with Gasteiger partial charge in [-0.1, -0.05) is 23.3 Å². The summed E-state index contributed by atoms with van der Waals surface area (Å²) in [5, 5.41) is 0. The van der Waals surface area contributed by atoms with Crippen LogP contribution in [0, 0.1) is 12.3 Å². The Morgan fingerprint density at radius 2 is 1.90 bits per heavy atom. The molecule has 0 saturated carbocycles. The maximum Gasteiger partial charge on any atom is 0.337 e. The number of esters is 1. The van der Waals surface area contributed by atoms with Crippen molar-refractivity contribution in [3.8, 4) is 12.3 Å². The number of amides is 1. The molecular weight excluding hydrogens is 384 g/mol. The van der Waals surface area contributed by atoms with Crippen molar-refractivity contribution >= 4 is 33.4 Å². The van der Waals surface area contributed by atoms with Gasteiger partial charge in [-0.15, -0.1) is 6.42 Å². The van der Waals surface area contributed by atoms with E-state index in [-0.39, 0.29) is 12.5 Å². The zero-order chi connectivity index (χ0) is 20.4. The predicted molar refractivity (Wildman–Crippen MR) is 113 cm³/mol.